The van der Waals surface area contributed by atoms with Crippen molar-refractivity contribution < 1.29 is 4.79 Å². The molecule has 1 atom stereocenters. The van der Waals surface area contributed by atoms with E-state index in [4.69, 9.17) is 0 Å². The highest BCUT2D eigenvalue weighted by Crippen LogP contribution is 2.23. The summed E-state index contributed by atoms with van der Waals surface area (Å²) in [5.41, 5.74) is 0.794. The molecule has 0 spiro atoms. The van der Waals surface area contributed by atoms with Gasteiger partial charge in [-0.05, 0) is 43.0 Å². The fraction of sp³-hybridized carbons (Fsp3) is 0.368. The van der Waals surface area contributed by atoms with Gasteiger partial charge < -0.3 is 10.2 Å². The van der Waals surface area contributed by atoms with Crippen LogP contribution in [0.3, 0.4) is 0 Å². The molecule has 2 aromatic heterocycles. The summed E-state index contributed by atoms with van der Waals surface area (Å²) in [6, 6.07) is 7.25. The second kappa shape index (κ2) is 7.75. The number of hydrogen-bond acceptors (Lipinski definition) is 5. The van der Waals surface area contributed by atoms with Crippen LogP contribution in [0.5, 0.6) is 0 Å². The van der Waals surface area contributed by atoms with Crippen molar-refractivity contribution in [1.82, 2.24) is 19.2 Å². The third-order valence-corrected chi connectivity index (χ3v) is 5.39. The lowest BCUT2D eigenvalue weighted by molar-refractivity contribution is -0.117. The van der Waals surface area contributed by atoms with E-state index in [2.05, 4.69) is 43.2 Å². The van der Waals surface area contributed by atoms with E-state index in [0.29, 0.717) is 23.1 Å². The fourth-order valence-electron chi connectivity index (χ4n) is 3.51. The molecule has 1 aliphatic heterocycles. The van der Waals surface area contributed by atoms with E-state index in [9.17, 15) is 9.59 Å². The number of carbonyl (C=O) groups excluding carboxylic acids is 1. The lowest BCUT2D eigenvalue weighted by Crippen LogP contribution is -2.35. The van der Waals surface area contributed by atoms with Gasteiger partial charge in [0.05, 0.1) is 0 Å². The van der Waals surface area contributed by atoms with Crippen LogP contribution >= 0.6 is 15.9 Å². The summed E-state index contributed by atoms with van der Waals surface area (Å²) in [6.07, 6.45) is 5.48. The van der Waals surface area contributed by atoms with Crippen molar-refractivity contribution in [3.63, 3.8) is 0 Å². The van der Waals surface area contributed by atoms with Crippen LogP contribution in [0.15, 0.2) is 45.9 Å². The molecule has 0 unspecified atom stereocenters. The third kappa shape index (κ3) is 3.80. The lowest BCUT2D eigenvalue weighted by atomic mass is 10.0. The van der Waals surface area contributed by atoms with E-state index >= 15 is 0 Å². The van der Waals surface area contributed by atoms with Crippen molar-refractivity contribution in [2.75, 3.05) is 23.3 Å². The highest BCUT2D eigenvalue weighted by molar-refractivity contribution is 9.10. The minimum Gasteiger partial charge on any atom is -0.353 e. The summed E-state index contributed by atoms with van der Waals surface area (Å²) in [4.78, 5) is 31.7. The molecule has 0 saturated carbocycles. The number of hydrogen-bond donors (Lipinski definition) is 1. The molecule has 146 valence electrons. The summed E-state index contributed by atoms with van der Waals surface area (Å²) in [7, 11) is 0. The molecule has 1 fully saturated rings. The Morgan fingerprint density at radius 3 is 2.86 bits per heavy atom. The van der Waals surface area contributed by atoms with Crippen LogP contribution < -0.4 is 15.9 Å². The van der Waals surface area contributed by atoms with Crippen LogP contribution in [-0.2, 0) is 11.3 Å². The number of anilines is 2. The monoisotopic (exact) mass is 444 g/mol. The maximum atomic E-state index is 12.7. The maximum absolute atomic E-state index is 12.7. The highest BCUT2D eigenvalue weighted by Gasteiger charge is 2.22. The number of nitrogens with zero attached hydrogens (tertiary/aromatic N) is 5. The van der Waals surface area contributed by atoms with Gasteiger partial charge in [0.15, 0.2) is 5.82 Å². The first-order chi connectivity index (χ1) is 13.5. The SMILES string of the molecule is C[C@H]1CCCN(c2nccn3c(=O)n(CC(=O)Nc4ccc(Br)cc4)nc23)C1. The second-order valence-corrected chi connectivity index (χ2v) is 8.05. The van der Waals surface area contributed by atoms with Crippen molar-refractivity contribution >= 4 is 39.0 Å². The van der Waals surface area contributed by atoms with Crippen molar-refractivity contribution in [1.29, 1.82) is 0 Å². The Bertz CT molecular complexity index is 1060. The number of fused-ring (bicyclic) bond motifs is 1. The Morgan fingerprint density at radius 1 is 1.32 bits per heavy atom. The summed E-state index contributed by atoms with van der Waals surface area (Å²) in [5.74, 6) is 0.952. The average Bonchev–Trinajstić information content (AvgIpc) is 2.99. The van der Waals surface area contributed by atoms with E-state index in [1.807, 2.05) is 12.1 Å². The van der Waals surface area contributed by atoms with E-state index in [-0.39, 0.29) is 18.1 Å². The number of rotatable bonds is 4. The van der Waals surface area contributed by atoms with Gasteiger partial charge in [0.25, 0.3) is 0 Å². The predicted molar refractivity (Wildman–Crippen MR) is 111 cm³/mol. The third-order valence-electron chi connectivity index (χ3n) is 4.86. The van der Waals surface area contributed by atoms with E-state index in [1.54, 1.807) is 24.5 Å². The summed E-state index contributed by atoms with van der Waals surface area (Å²) in [6.45, 7) is 3.83. The Labute approximate surface area is 170 Å². The summed E-state index contributed by atoms with van der Waals surface area (Å²) >= 11 is 3.36. The van der Waals surface area contributed by atoms with Gasteiger partial charge in [0.1, 0.15) is 6.54 Å². The Morgan fingerprint density at radius 2 is 2.11 bits per heavy atom. The van der Waals surface area contributed by atoms with Crippen LogP contribution in [0.25, 0.3) is 5.65 Å². The number of nitrogens with one attached hydrogen (secondary N) is 1. The van der Waals surface area contributed by atoms with Gasteiger partial charge in [-0.3, -0.25) is 4.79 Å². The number of piperidine rings is 1. The van der Waals surface area contributed by atoms with E-state index in [1.165, 1.54) is 15.5 Å². The van der Waals surface area contributed by atoms with Gasteiger partial charge in [-0.25, -0.2) is 18.9 Å². The van der Waals surface area contributed by atoms with Crippen LogP contribution in [0.1, 0.15) is 19.8 Å². The van der Waals surface area contributed by atoms with Gasteiger partial charge in [-0.1, -0.05) is 22.9 Å². The van der Waals surface area contributed by atoms with Gasteiger partial charge in [-0.15, -0.1) is 5.10 Å². The van der Waals surface area contributed by atoms with Gasteiger partial charge >= 0.3 is 5.69 Å². The zero-order valence-electron chi connectivity index (χ0n) is 15.5. The molecule has 4 rings (SSSR count). The Hall–Kier alpha value is -2.68. The highest BCUT2D eigenvalue weighted by atomic mass is 79.9. The molecule has 1 N–H and O–H groups in total. The maximum Gasteiger partial charge on any atom is 0.350 e. The zero-order valence-corrected chi connectivity index (χ0v) is 17.1. The number of benzene rings is 1. The number of carbonyl (C=O) groups is 1. The van der Waals surface area contributed by atoms with Crippen molar-refractivity contribution in [2.24, 2.45) is 5.92 Å². The second-order valence-electron chi connectivity index (χ2n) is 7.13. The minimum absolute atomic E-state index is 0.160. The fourth-order valence-corrected chi connectivity index (χ4v) is 3.78. The lowest BCUT2D eigenvalue weighted by Gasteiger charge is -2.31. The molecule has 1 aromatic carbocycles. The first-order valence-corrected chi connectivity index (χ1v) is 10.0. The molecular weight excluding hydrogens is 424 g/mol. The van der Waals surface area contributed by atoms with Crippen LogP contribution in [-0.4, -0.2) is 38.2 Å². The molecule has 3 aromatic rings. The van der Waals surface area contributed by atoms with Crippen LogP contribution in [0.2, 0.25) is 0 Å². The molecule has 0 aliphatic carbocycles. The molecule has 1 amide bonds. The topological polar surface area (TPSA) is 84.5 Å². The Kier molecular flexibility index (Phi) is 5.17. The molecule has 1 aliphatic rings. The standard InChI is InChI=1S/C19H21BrN6O2/c1-13-3-2-9-24(11-13)17-18-23-26(19(28)25(18)10-8-21-17)12-16(27)22-15-6-4-14(20)5-7-15/h4-8,10,13H,2-3,9,11-12H2,1H3,(H,22,27)/t13-/m0/s1. The number of halogens is 1. The normalized spacial score (nSPS) is 17.1. The molecular formula is C19H21BrN6O2. The first kappa shape index (κ1) is 18.7. The number of amides is 1. The van der Waals surface area contributed by atoms with Gasteiger partial charge in [0, 0.05) is 35.6 Å². The molecule has 0 bridgehead atoms. The molecule has 1 saturated heterocycles. The predicted octanol–water partition coefficient (Wildman–Crippen LogP) is 2.53. The first-order valence-electron chi connectivity index (χ1n) is 9.26. The van der Waals surface area contributed by atoms with Crippen molar-refractivity contribution in [3.8, 4) is 0 Å². The van der Waals surface area contributed by atoms with Crippen LogP contribution in [0, 0.1) is 5.92 Å². The molecule has 0 radical (unpaired) electrons. The smallest absolute Gasteiger partial charge is 0.350 e. The molecule has 9 heteroatoms. The quantitative estimate of drug-likeness (QED) is 0.668. The zero-order chi connectivity index (χ0) is 19.7. The average molecular weight is 445 g/mol. The number of aromatic nitrogens is 4. The van der Waals surface area contributed by atoms with E-state index < -0.39 is 0 Å². The minimum atomic E-state index is -0.352. The molecule has 8 nitrogen and oxygen atoms in total. The van der Waals surface area contributed by atoms with Crippen molar-refractivity contribution in [2.45, 2.75) is 26.3 Å². The Balaban J connectivity index is 1.59. The molecule has 3 heterocycles. The van der Waals surface area contributed by atoms with E-state index in [0.717, 1.165) is 24.0 Å². The van der Waals surface area contributed by atoms with Crippen LogP contribution in [0.4, 0.5) is 11.5 Å². The largest absolute Gasteiger partial charge is 0.353 e. The summed E-state index contributed by atoms with van der Waals surface area (Å²) in [5, 5.41) is 7.18. The molecule has 28 heavy (non-hydrogen) atoms. The van der Waals surface area contributed by atoms with Gasteiger partial charge in [0.2, 0.25) is 11.6 Å². The summed E-state index contributed by atoms with van der Waals surface area (Å²) < 4.78 is 3.56. The van der Waals surface area contributed by atoms with Crippen molar-refractivity contribution in [3.05, 3.63) is 51.6 Å². The van der Waals surface area contributed by atoms with Gasteiger partial charge in [-0.2, -0.15) is 0 Å².